The number of nitrogens with zero attached hydrogens (tertiary/aromatic N) is 2. The topological polar surface area (TPSA) is 73.9 Å². The molecule has 0 bridgehead atoms. The van der Waals surface area contributed by atoms with E-state index in [2.05, 4.69) is 64.1 Å². The largest absolute Gasteiger partial charge is 0.378 e. The minimum absolute atomic E-state index is 0.109. The summed E-state index contributed by atoms with van der Waals surface area (Å²) in [6.45, 7) is 4.57. The van der Waals surface area contributed by atoms with Crippen LogP contribution >= 0.6 is 23.4 Å². The van der Waals surface area contributed by atoms with Crippen molar-refractivity contribution in [2.24, 2.45) is 0 Å². The molecule has 0 fully saturated rings. The van der Waals surface area contributed by atoms with Gasteiger partial charge >= 0.3 is 0 Å². The first kappa shape index (κ1) is 29.0. The van der Waals surface area contributed by atoms with Crippen LogP contribution in [0.3, 0.4) is 0 Å². The average molecular weight is 567 g/mol. The highest BCUT2D eigenvalue weighted by Crippen LogP contribution is 2.47. The van der Waals surface area contributed by atoms with E-state index in [1.54, 1.807) is 17.8 Å². The summed E-state index contributed by atoms with van der Waals surface area (Å²) in [5.41, 5.74) is 3.24. The van der Waals surface area contributed by atoms with Gasteiger partial charge in [-0.25, -0.2) is 0 Å². The number of likely N-dealkylation sites (N-methyl/N-ethyl adjacent to an activating group) is 1. The van der Waals surface area contributed by atoms with Gasteiger partial charge in [-0.2, -0.15) is 0 Å². The molecule has 3 aromatic carbocycles. The molecule has 0 saturated carbocycles. The third-order valence-electron chi connectivity index (χ3n) is 6.62. The second-order valence-corrected chi connectivity index (χ2v) is 10.9. The number of amides is 2. The fourth-order valence-electron chi connectivity index (χ4n) is 4.52. The number of nitrogens with one attached hydrogen (secondary N) is 2. The van der Waals surface area contributed by atoms with E-state index in [1.165, 1.54) is 28.1 Å². The Bertz CT molecular complexity index is 1230. The lowest BCUT2D eigenvalue weighted by atomic mass is 10.1. The Morgan fingerprint density at radius 3 is 2.26 bits per heavy atom. The predicted octanol–water partition coefficient (Wildman–Crippen LogP) is 5.10. The maximum atomic E-state index is 13.1. The van der Waals surface area contributed by atoms with Crippen LogP contribution in [0.25, 0.3) is 0 Å². The summed E-state index contributed by atoms with van der Waals surface area (Å²) < 4.78 is 6.05. The molecule has 1 atom stereocenters. The summed E-state index contributed by atoms with van der Waals surface area (Å²) in [5, 5.41) is 6.41. The molecule has 0 saturated heterocycles. The molecule has 9 heteroatoms. The van der Waals surface area contributed by atoms with Gasteiger partial charge in [0.15, 0.2) is 0 Å². The van der Waals surface area contributed by atoms with Gasteiger partial charge in [0.1, 0.15) is 0 Å². The normalized spacial score (nSPS) is 13.0. The lowest BCUT2D eigenvalue weighted by Gasteiger charge is -2.32. The number of benzene rings is 3. The fraction of sp³-hybridized carbons (Fsp3) is 0.333. The summed E-state index contributed by atoms with van der Waals surface area (Å²) in [4.78, 5) is 31.3. The first-order valence-electron chi connectivity index (χ1n) is 13.1. The standard InChI is InChI=1S/C30H35ClN4O3S/c1-22(36)32-16-15-27(30(37)33-21-23-9-3-4-10-24(23)31)34(2)17-19-38-20-18-35-25-11-5-7-13-28(25)39-29-14-8-6-12-26(29)35/h3-14,27H,15-21H2,1-2H3,(H,32,36)(H,33,37). The molecule has 0 spiro atoms. The Balaban J connectivity index is 1.30. The zero-order chi connectivity index (χ0) is 27.6. The molecule has 1 aliphatic heterocycles. The van der Waals surface area contributed by atoms with Crippen LogP contribution in [-0.2, 0) is 20.9 Å². The van der Waals surface area contributed by atoms with Gasteiger partial charge in [-0.1, -0.05) is 65.8 Å². The second kappa shape index (κ2) is 14.4. The van der Waals surface area contributed by atoms with Crippen LogP contribution in [0.5, 0.6) is 0 Å². The molecular formula is C30H35ClN4O3S. The molecule has 206 valence electrons. The van der Waals surface area contributed by atoms with Crippen molar-refractivity contribution in [2.45, 2.75) is 35.7 Å². The third-order valence-corrected chi connectivity index (χ3v) is 8.12. The van der Waals surface area contributed by atoms with Crippen molar-refractivity contribution >= 4 is 46.6 Å². The van der Waals surface area contributed by atoms with Crippen LogP contribution in [0.4, 0.5) is 11.4 Å². The minimum atomic E-state index is -0.416. The van der Waals surface area contributed by atoms with Gasteiger partial charge in [-0.3, -0.25) is 14.5 Å². The van der Waals surface area contributed by atoms with Gasteiger partial charge in [-0.05, 0) is 49.4 Å². The van der Waals surface area contributed by atoms with E-state index in [9.17, 15) is 9.59 Å². The van der Waals surface area contributed by atoms with Gasteiger partial charge in [0.05, 0.1) is 30.6 Å². The lowest BCUT2D eigenvalue weighted by Crippen LogP contribution is -2.47. The molecule has 1 heterocycles. The zero-order valence-corrected chi connectivity index (χ0v) is 23.9. The second-order valence-electron chi connectivity index (χ2n) is 9.38. The highest BCUT2D eigenvalue weighted by molar-refractivity contribution is 7.99. The Hall–Kier alpha value is -3.04. The summed E-state index contributed by atoms with van der Waals surface area (Å²) in [6.07, 6.45) is 0.490. The van der Waals surface area contributed by atoms with Gasteiger partial charge < -0.3 is 20.3 Å². The summed E-state index contributed by atoms with van der Waals surface area (Å²) in [5.74, 6) is -0.225. The van der Waals surface area contributed by atoms with E-state index >= 15 is 0 Å². The fourth-order valence-corrected chi connectivity index (χ4v) is 5.82. The van der Waals surface area contributed by atoms with E-state index in [1.807, 2.05) is 30.1 Å². The van der Waals surface area contributed by atoms with E-state index < -0.39 is 6.04 Å². The van der Waals surface area contributed by atoms with Crippen molar-refractivity contribution in [3.8, 4) is 0 Å². The van der Waals surface area contributed by atoms with Crippen molar-refractivity contribution in [2.75, 3.05) is 44.8 Å². The van der Waals surface area contributed by atoms with E-state index in [0.717, 1.165) is 12.1 Å². The Morgan fingerprint density at radius 2 is 1.59 bits per heavy atom. The number of fused-ring (bicyclic) bond motifs is 2. The highest BCUT2D eigenvalue weighted by Gasteiger charge is 2.24. The molecule has 1 unspecified atom stereocenters. The number of rotatable bonds is 13. The number of carbonyl (C=O) groups is 2. The van der Waals surface area contributed by atoms with Crippen LogP contribution in [0.15, 0.2) is 82.6 Å². The van der Waals surface area contributed by atoms with Crippen LogP contribution in [0.1, 0.15) is 18.9 Å². The van der Waals surface area contributed by atoms with Gasteiger partial charge in [0.25, 0.3) is 0 Å². The van der Waals surface area contributed by atoms with Crippen molar-refractivity contribution < 1.29 is 14.3 Å². The SMILES string of the molecule is CC(=O)NCCC(C(=O)NCc1ccccc1Cl)N(C)CCOCCN1c2ccccc2Sc2ccccc21. The molecule has 3 aromatic rings. The molecule has 1 aliphatic rings. The van der Waals surface area contributed by atoms with Crippen molar-refractivity contribution in [3.63, 3.8) is 0 Å². The number of anilines is 2. The molecule has 39 heavy (non-hydrogen) atoms. The Labute approximate surface area is 239 Å². The zero-order valence-electron chi connectivity index (χ0n) is 22.4. The minimum Gasteiger partial charge on any atom is -0.378 e. The summed E-state index contributed by atoms with van der Waals surface area (Å²) in [6, 6.07) is 23.9. The number of halogens is 1. The molecule has 0 radical (unpaired) electrons. The van der Waals surface area contributed by atoms with Crippen molar-refractivity contribution in [3.05, 3.63) is 83.4 Å². The molecule has 0 aliphatic carbocycles. The molecule has 0 aromatic heterocycles. The van der Waals surface area contributed by atoms with E-state index in [0.29, 0.717) is 44.3 Å². The third kappa shape index (κ3) is 7.99. The highest BCUT2D eigenvalue weighted by atomic mass is 35.5. The Kier molecular flexibility index (Phi) is 10.7. The summed E-state index contributed by atoms with van der Waals surface area (Å²) in [7, 11) is 1.91. The quantitative estimate of drug-likeness (QED) is 0.280. The number of hydrogen-bond donors (Lipinski definition) is 2. The van der Waals surface area contributed by atoms with Crippen LogP contribution in [0, 0.1) is 0 Å². The van der Waals surface area contributed by atoms with Gasteiger partial charge in [-0.15, -0.1) is 0 Å². The smallest absolute Gasteiger partial charge is 0.237 e. The van der Waals surface area contributed by atoms with Gasteiger partial charge in [0.2, 0.25) is 11.8 Å². The maximum absolute atomic E-state index is 13.1. The van der Waals surface area contributed by atoms with Crippen molar-refractivity contribution in [1.82, 2.24) is 15.5 Å². The number of carbonyl (C=O) groups excluding carboxylic acids is 2. The maximum Gasteiger partial charge on any atom is 0.237 e. The van der Waals surface area contributed by atoms with E-state index in [4.69, 9.17) is 16.3 Å². The van der Waals surface area contributed by atoms with Crippen molar-refractivity contribution in [1.29, 1.82) is 0 Å². The number of hydrogen-bond acceptors (Lipinski definition) is 6. The monoisotopic (exact) mass is 566 g/mol. The molecule has 2 amide bonds. The number of para-hydroxylation sites is 2. The van der Waals surface area contributed by atoms with Crippen LogP contribution in [0.2, 0.25) is 5.02 Å². The average Bonchev–Trinajstić information content (AvgIpc) is 2.93. The number of ether oxygens (including phenoxy) is 1. The first-order valence-corrected chi connectivity index (χ1v) is 14.3. The van der Waals surface area contributed by atoms with Crippen LogP contribution < -0.4 is 15.5 Å². The Morgan fingerprint density at radius 1 is 0.949 bits per heavy atom. The lowest BCUT2D eigenvalue weighted by molar-refractivity contribution is -0.127. The summed E-state index contributed by atoms with van der Waals surface area (Å²) >= 11 is 8.04. The molecule has 2 N–H and O–H groups in total. The molecule has 4 rings (SSSR count). The van der Waals surface area contributed by atoms with E-state index in [-0.39, 0.29) is 11.8 Å². The molecule has 7 nitrogen and oxygen atoms in total. The van der Waals surface area contributed by atoms with Gasteiger partial charge in [0, 0.05) is 47.9 Å². The predicted molar refractivity (Wildman–Crippen MR) is 158 cm³/mol. The van der Waals surface area contributed by atoms with Crippen LogP contribution in [-0.4, -0.2) is 62.7 Å². The molecular weight excluding hydrogens is 532 g/mol. The first-order chi connectivity index (χ1) is 18.9.